The van der Waals surface area contributed by atoms with Crippen LogP contribution in [0.2, 0.25) is 0 Å². The van der Waals surface area contributed by atoms with Crippen molar-refractivity contribution in [3.8, 4) is 0 Å². The summed E-state index contributed by atoms with van der Waals surface area (Å²) < 4.78 is 17.9. The summed E-state index contributed by atoms with van der Waals surface area (Å²) in [6.45, 7) is 8.17. The number of carboxylic acid groups (broad SMARTS) is 1. The van der Waals surface area contributed by atoms with E-state index in [0.717, 1.165) is 44.9 Å². The van der Waals surface area contributed by atoms with Crippen LogP contribution >= 0.6 is 0 Å². The molecule has 0 aliphatic carbocycles. The van der Waals surface area contributed by atoms with Crippen molar-refractivity contribution in [1.82, 2.24) is 0 Å². The Morgan fingerprint density at radius 2 is 1.22 bits per heavy atom. The lowest BCUT2D eigenvalue weighted by molar-refractivity contribution is -0.384. The van der Waals surface area contributed by atoms with Gasteiger partial charge in [0.15, 0.2) is 0 Å². The lowest BCUT2D eigenvalue weighted by atomic mass is 10.1. The molecule has 138 valence electrons. The molecule has 0 saturated heterocycles. The average molecular weight is 332 g/mol. The van der Waals surface area contributed by atoms with Crippen molar-refractivity contribution in [2.45, 2.75) is 91.0 Å². The smallest absolute Gasteiger partial charge is 0.303 e. The van der Waals surface area contributed by atoms with Gasteiger partial charge in [-0.25, -0.2) is 0 Å². The highest BCUT2D eigenvalue weighted by molar-refractivity contribution is 5.66. The standard InChI is InChI=1S/C18H36O5/c1-4-7-14-21-18(22-15-8-5-2,23-16-9-6-3)13-11-10-12-17(19)20/h4-16H2,1-3H3,(H,19,20). The van der Waals surface area contributed by atoms with Crippen molar-refractivity contribution in [2.75, 3.05) is 19.8 Å². The van der Waals surface area contributed by atoms with Gasteiger partial charge in [-0.15, -0.1) is 0 Å². The largest absolute Gasteiger partial charge is 0.481 e. The van der Waals surface area contributed by atoms with Gasteiger partial charge in [0.25, 0.3) is 5.97 Å². The van der Waals surface area contributed by atoms with E-state index in [4.69, 9.17) is 19.3 Å². The molecular weight excluding hydrogens is 296 g/mol. The van der Waals surface area contributed by atoms with Crippen LogP contribution in [0.25, 0.3) is 0 Å². The molecule has 0 heterocycles. The molecule has 5 nitrogen and oxygen atoms in total. The topological polar surface area (TPSA) is 65.0 Å². The van der Waals surface area contributed by atoms with E-state index in [0.29, 0.717) is 32.7 Å². The lowest BCUT2D eigenvalue weighted by Crippen LogP contribution is -2.40. The highest BCUT2D eigenvalue weighted by Crippen LogP contribution is 2.25. The number of carbonyl (C=O) groups is 1. The molecule has 0 bridgehead atoms. The Hall–Kier alpha value is -0.650. The third-order valence-corrected chi connectivity index (χ3v) is 3.58. The fraction of sp³-hybridized carbons (Fsp3) is 0.944. The van der Waals surface area contributed by atoms with Gasteiger partial charge in [0.1, 0.15) is 0 Å². The van der Waals surface area contributed by atoms with Crippen LogP contribution in [-0.4, -0.2) is 36.9 Å². The summed E-state index contributed by atoms with van der Waals surface area (Å²) in [5.74, 6) is -1.76. The molecule has 0 radical (unpaired) electrons. The molecule has 0 spiro atoms. The first-order valence-electron chi connectivity index (χ1n) is 9.23. The summed E-state index contributed by atoms with van der Waals surface area (Å²) in [6.07, 6.45) is 8.14. The number of unbranched alkanes of at least 4 members (excludes halogenated alkanes) is 4. The number of hydrogen-bond acceptors (Lipinski definition) is 4. The van der Waals surface area contributed by atoms with Gasteiger partial charge in [0, 0.05) is 12.8 Å². The summed E-state index contributed by atoms with van der Waals surface area (Å²) in [7, 11) is 0. The molecule has 0 fully saturated rings. The van der Waals surface area contributed by atoms with Gasteiger partial charge in [-0.1, -0.05) is 40.0 Å². The van der Waals surface area contributed by atoms with E-state index in [1.165, 1.54) is 0 Å². The number of ether oxygens (including phenoxy) is 3. The van der Waals surface area contributed by atoms with E-state index in [1.54, 1.807) is 0 Å². The molecule has 0 amide bonds. The second kappa shape index (κ2) is 14.9. The summed E-state index contributed by atoms with van der Waals surface area (Å²) in [6, 6.07) is 0. The number of carboxylic acids is 1. The molecule has 0 aromatic heterocycles. The van der Waals surface area contributed by atoms with Crippen LogP contribution in [0, 0.1) is 0 Å². The van der Waals surface area contributed by atoms with Gasteiger partial charge >= 0.3 is 5.97 Å². The first kappa shape index (κ1) is 22.4. The Balaban J connectivity index is 4.61. The van der Waals surface area contributed by atoms with E-state index in [1.807, 2.05) is 0 Å². The minimum atomic E-state index is -1.00. The van der Waals surface area contributed by atoms with Crippen molar-refractivity contribution in [1.29, 1.82) is 0 Å². The molecule has 0 saturated carbocycles. The number of aliphatic carboxylic acids is 1. The van der Waals surface area contributed by atoms with Crippen LogP contribution in [0.5, 0.6) is 0 Å². The van der Waals surface area contributed by atoms with Crippen molar-refractivity contribution in [2.24, 2.45) is 0 Å². The Kier molecular flexibility index (Phi) is 14.5. The van der Waals surface area contributed by atoms with E-state index >= 15 is 0 Å². The Morgan fingerprint density at radius 1 is 0.783 bits per heavy atom. The van der Waals surface area contributed by atoms with Crippen molar-refractivity contribution < 1.29 is 24.1 Å². The first-order chi connectivity index (χ1) is 11.1. The highest BCUT2D eigenvalue weighted by atomic mass is 16.9. The fourth-order valence-corrected chi connectivity index (χ4v) is 2.08. The summed E-state index contributed by atoms with van der Waals surface area (Å²) >= 11 is 0. The van der Waals surface area contributed by atoms with Crippen LogP contribution in [0.4, 0.5) is 0 Å². The minimum Gasteiger partial charge on any atom is -0.481 e. The Bertz CT molecular complexity index is 254. The van der Waals surface area contributed by atoms with Crippen molar-refractivity contribution in [3.05, 3.63) is 0 Å². The molecule has 0 aliphatic rings. The zero-order valence-electron chi connectivity index (χ0n) is 15.3. The second-order valence-electron chi connectivity index (χ2n) is 5.89. The first-order valence-corrected chi connectivity index (χ1v) is 9.23. The number of rotatable bonds is 17. The van der Waals surface area contributed by atoms with Crippen LogP contribution in [-0.2, 0) is 19.0 Å². The van der Waals surface area contributed by atoms with Crippen LogP contribution in [0.15, 0.2) is 0 Å². The summed E-state index contributed by atoms with van der Waals surface area (Å²) in [4.78, 5) is 10.7. The Morgan fingerprint density at radius 3 is 1.57 bits per heavy atom. The van der Waals surface area contributed by atoms with Crippen LogP contribution < -0.4 is 0 Å². The zero-order chi connectivity index (χ0) is 17.4. The van der Waals surface area contributed by atoms with Gasteiger partial charge in [0.05, 0.1) is 19.8 Å². The fourth-order valence-electron chi connectivity index (χ4n) is 2.08. The second-order valence-corrected chi connectivity index (χ2v) is 5.89. The highest BCUT2D eigenvalue weighted by Gasteiger charge is 2.33. The average Bonchev–Trinajstić information content (AvgIpc) is 2.52. The third kappa shape index (κ3) is 12.4. The third-order valence-electron chi connectivity index (χ3n) is 3.58. The maximum Gasteiger partial charge on any atom is 0.303 e. The van der Waals surface area contributed by atoms with Gasteiger partial charge in [-0.3, -0.25) is 4.79 Å². The van der Waals surface area contributed by atoms with E-state index in [9.17, 15) is 4.79 Å². The van der Waals surface area contributed by atoms with E-state index in [2.05, 4.69) is 20.8 Å². The molecule has 23 heavy (non-hydrogen) atoms. The van der Waals surface area contributed by atoms with Crippen molar-refractivity contribution >= 4 is 5.97 Å². The molecule has 0 aromatic carbocycles. The zero-order valence-corrected chi connectivity index (χ0v) is 15.3. The molecule has 0 aliphatic heterocycles. The lowest BCUT2D eigenvalue weighted by Gasteiger charge is -2.33. The quantitative estimate of drug-likeness (QED) is 0.308. The number of hydrogen-bond donors (Lipinski definition) is 1. The van der Waals surface area contributed by atoms with Gasteiger partial charge in [0.2, 0.25) is 0 Å². The van der Waals surface area contributed by atoms with E-state index < -0.39 is 11.9 Å². The molecule has 0 rings (SSSR count). The molecule has 0 aromatic rings. The summed E-state index contributed by atoms with van der Waals surface area (Å²) in [5.41, 5.74) is 0. The Labute approximate surface area is 141 Å². The SMILES string of the molecule is CCCCOC(CCCCC(=O)O)(OCCCC)OCCCC. The van der Waals surface area contributed by atoms with Gasteiger partial charge < -0.3 is 19.3 Å². The molecule has 1 N–H and O–H groups in total. The monoisotopic (exact) mass is 332 g/mol. The molecule has 0 atom stereocenters. The van der Waals surface area contributed by atoms with Gasteiger partial charge in [-0.2, -0.15) is 0 Å². The van der Waals surface area contributed by atoms with Crippen molar-refractivity contribution in [3.63, 3.8) is 0 Å². The molecule has 5 heteroatoms. The van der Waals surface area contributed by atoms with Gasteiger partial charge in [-0.05, 0) is 32.1 Å². The predicted molar refractivity (Wildman–Crippen MR) is 91.4 cm³/mol. The van der Waals surface area contributed by atoms with Crippen LogP contribution in [0.1, 0.15) is 85.0 Å². The minimum absolute atomic E-state index is 0.176. The van der Waals surface area contributed by atoms with E-state index in [-0.39, 0.29) is 6.42 Å². The summed E-state index contributed by atoms with van der Waals surface area (Å²) in [5, 5.41) is 8.77. The molecular formula is C18H36O5. The maximum atomic E-state index is 10.7. The maximum absolute atomic E-state index is 10.7. The molecule has 0 unspecified atom stereocenters. The van der Waals surface area contributed by atoms with Crippen LogP contribution in [0.3, 0.4) is 0 Å². The normalized spacial score (nSPS) is 11.8. The predicted octanol–water partition coefficient (Wildman–Crippen LogP) is 4.74.